The largest absolute Gasteiger partial charge is 0.319 e. The first kappa shape index (κ1) is 17.0. The fraction of sp³-hybridized carbons (Fsp3) is 0.100. The summed E-state index contributed by atoms with van der Waals surface area (Å²) in [6, 6.07) is 12.7. The van der Waals surface area contributed by atoms with Crippen LogP contribution in [-0.4, -0.2) is 34.8 Å². The van der Waals surface area contributed by atoms with Gasteiger partial charge in [0.2, 0.25) is 5.95 Å². The Hall–Kier alpha value is -4.14. The van der Waals surface area contributed by atoms with Crippen molar-refractivity contribution >= 4 is 28.2 Å². The number of aromatic amines is 1. The topological polar surface area (TPSA) is 114 Å². The van der Waals surface area contributed by atoms with E-state index >= 15 is 0 Å². The highest BCUT2D eigenvalue weighted by Crippen LogP contribution is 2.27. The molecule has 0 radical (unpaired) electrons. The van der Waals surface area contributed by atoms with E-state index in [1.807, 2.05) is 38.1 Å². The van der Waals surface area contributed by atoms with Crippen LogP contribution in [0.5, 0.6) is 0 Å². The smallest absolute Gasteiger partial charge is 0.293 e. The summed E-state index contributed by atoms with van der Waals surface area (Å²) >= 11 is 0. The van der Waals surface area contributed by atoms with E-state index in [1.165, 1.54) is 6.20 Å². The molecule has 0 saturated heterocycles. The average Bonchev–Trinajstić information content (AvgIpc) is 3.23. The summed E-state index contributed by atoms with van der Waals surface area (Å²) < 4.78 is 1.61. The Kier molecular flexibility index (Phi) is 3.80. The number of benzene rings is 1. The maximum absolute atomic E-state index is 12.2. The molecule has 142 valence electrons. The number of aromatic nitrogens is 7. The predicted molar refractivity (Wildman–Crippen MR) is 109 cm³/mol. The van der Waals surface area contributed by atoms with Crippen LogP contribution in [0, 0.1) is 13.8 Å². The monoisotopic (exact) mass is 384 g/mol. The second kappa shape index (κ2) is 6.48. The number of hydrogen-bond acceptors (Lipinski definition) is 7. The molecule has 5 aromatic rings. The lowest BCUT2D eigenvalue weighted by molar-refractivity contribution is 0.946. The normalized spacial score (nSPS) is 11.2. The number of fused-ring (bicyclic) bond motifs is 3. The van der Waals surface area contributed by atoms with Gasteiger partial charge in [-0.3, -0.25) is 9.89 Å². The van der Waals surface area contributed by atoms with E-state index < -0.39 is 0 Å². The molecule has 2 N–H and O–H groups in total. The summed E-state index contributed by atoms with van der Waals surface area (Å²) in [4.78, 5) is 25.5. The summed E-state index contributed by atoms with van der Waals surface area (Å²) in [5.74, 6) is 0.912. The van der Waals surface area contributed by atoms with Crippen molar-refractivity contribution in [1.82, 2.24) is 34.8 Å². The van der Waals surface area contributed by atoms with Crippen LogP contribution in [0.1, 0.15) is 11.4 Å². The quantitative estimate of drug-likeness (QED) is 0.492. The Bertz CT molecular complexity index is 1420. The molecule has 9 nitrogen and oxygen atoms in total. The van der Waals surface area contributed by atoms with Gasteiger partial charge in [-0.25, -0.2) is 15.0 Å². The highest BCUT2D eigenvalue weighted by atomic mass is 16.1. The van der Waals surface area contributed by atoms with E-state index in [4.69, 9.17) is 4.98 Å². The van der Waals surface area contributed by atoms with Crippen molar-refractivity contribution in [3.05, 3.63) is 70.4 Å². The van der Waals surface area contributed by atoms with Crippen LogP contribution in [-0.2, 0) is 0 Å². The van der Waals surface area contributed by atoms with Gasteiger partial charge in [-0.2, -0.15) is 9.61 Å². The molecule has 0 unspecified atom stereocenters. The van der Waals surface area contributed by atoms with E-state index in [0.717, 1.165) is 27.9 Å². The van der Waals surface area contributed by atoms with Crippen LogP contribution in [0.2, 0.25) is 0 Å². The Morgan fingerprint density at radius 1 is 1.03 bits per heavy atom. The lowest BCUT2D eigenvalue weighted by atomic mass is 10.2. The Labute approximate surface area is 164 Å². The van der Waals surface area contributed by atoms with Crippen LogP contribution < -0.4 is 10.9 Å². The number of nitrogens with one attached hydrogen (secondary N) is 2. The van der Waals surface area contributed by atoms with Gasteiger partial charge in [-0.15, -0.1) is 5.10 Å². The summed E-state index contributed by atoms with van der Waals surface area (Å²) in [7, 11) is 0. The molecule has 0 aliphatic carbocycles. The highest BCUT2D eigenvalue weighted by Gasteiger charge is 2.19. The molecular weight excluding hydrogens is 368 g/mol. The highest BCUT2D eigenvalue weighted by molar-refractivity contribution is 5.93. The van der Waals surface area contributed by atoms with E-state index in [1.54, 1.807) is 22.7 Å². The second-order valence-electron chi connectivity index (χ2n) is 6.61. The van der Waals surface area contributed by atoms with Crippen molar-refractivity contribution in [1.29, 1.82) is 0 Å². The van der Waals surface area contributed by atoms with Gasteiger partial charge in [0.15, 0.2) is 11.5 Å². The van der Waals surface area contributed by atoms with Crippen molar-refractivity contribution in [2.75, 3.05) is 5.32 Å². The number of nitrogens with zero attached hydrogens (tertiary/aromatic N) is 6. The number of aryl methyl sites for hydroxylation is 2. The minimum atomic E-state index is -0.389. The standard InChI is InChI=1S/C20H16N8O/c1-11-16(12(2)26-25-11)17-24-18-13-7-3-4-8-14(13)22-20(28(18)27-17)23-15-9-5-6-10-21-19(15)29/h3-10H,1-2H3,(H,25,26)(H,21,22,23,29). The molecule has 1 aromatic carbocycles. The van der Waals surface area contributed by atoms with Gasteiger partial charge >= 0.3 is 0 Å². The number of anilines is 2. The molecule has 4 aromatic heterocycles. The number of H-pyrrole nitrogens is 1. The zero-order chi connectivity index (χ0) is 20.0. The molecule has 29 heavy (non-hydrogen) atoms. The molecule has 9 heteroatoms. The SMILES string of the molecule is Cc1n[nH]c(C)c1-c1nc2c3ccccc3nc(Nc3ccccnc3=O)n2n1. The summed E-state index contributed by atoms with van der Waals surface area (Å²) in [6.45, 7) is 3.83. The molecule has 0 atom stereocenters. The van der Waals surface area contributed by atoms with Gasteiger partial charge in [-0.05, 0) is 38.1 Å². The third-order valence-corrected chi connectivity index (χ3v) is 4.66. The van der Waals surface area contributed by atoms with Crippen LogP contribution in [0.25, 0.3) is 27.9 Å². The van der Waals surface area contributed by atoms with E-state index in [9.17, 15) is 4.79 Å². The minimum absolute atomic E-state index is 0.298. The molecule has 0 aliphatic heterocycles. The van der Waals surface area contributed by atoms with Crippen LogP contribution in [0.4, 0.5) is 11.6 Å². The Balaban J connectivity index is 1.79. The molecule has 5 rings (SSSR count). The Morgan fingerprint density at radius 3 is 2.69 bits per heavy atom. The predicted octanol–water partition coefficient (Wildman–Crippen LogP) is 2.78. The molecule has 0 amide bonds. The molecule has 0 spiro atoms. The fourth-order valence-electron chi connectivity index (χ4n) is 3.29. The molecular formula is C20H16N8O. The van der Waals surface area contributed by atoms with Crippen molar-refractivity contribution in [3.8, 4) is 11.4 Å². The second-order valence-corrected chi connectivity index (χ2v) is 6.61. The number of rotatable bonds is 3. The lowest BCUT2D eigenvalue weighted by Crippen LogP contribution is -2.11. The van der Waals surface area contributed by atoms with Gasteiger partial charge in [0, 0.05) is 17.3 Å². The lowest BCUT2D eigenvalue weighted by Gasteiger charge is -2.07. The van der Waals surface area contributed by atoms with Gasteiger partial charge in [0.05, 0.1) is 16.8 Å². The summed E-state index contributed by atoms with van der Waals surface area (Å²) in [5, 5.41) is 15.8. The molecule has 0 fully saturated rings. The first-order valence-corrected chi connectivity index (χ1v) is 9.01. The third-order valence-electron chi connectivity index (χ3n) is 4.66. The average molecular weight is 384 g/mol. The zero-order valence-corrected chi connectivity index (χ0v) is 15.7. The van der Waals surface area contributed by atoms with E-state index in [-0.39, 0.29) is 5.56 Å². The molecule has 0 saturated carbocycles. The molecule has 0 aliphatic rings. The van der Waals surface area contributed by atoms with Gasteiger partial charge in [-0.1, -0.05) is 18.2 Å². The summed E-state index contributed by atoms with van der Waals surface area (Å²) in [6.07, 6.45) is 1.45. The van der Waals surface area contributed by atoms with Crippen LogP contribution in [0.15, 0.2) is 53.5 Å². The van der Waals surface area contributed by atoms with Crippen molar-refractivity contribution in [3.63, 3.8) is 0 Å². The summed E-state index contributed by atoms with van der Waals surface area (Å²) in [5.41, 5.74) is 3.82. The fourth-order valence-corrected chi connectivity index (χ4v) is 3.29. The van der Waals surface area contributed by atoms with Crippen molar-refractivity contribution < 1.29 is 0 Å². The van der Waals surface area contributed by atoms with Gasteiger partial charge < -0.3 is 5.32 Å². The Morgan fingerprint density at radius 2 is 1.86 bits per heavy atom. The first-order valence-electron chi connectivity index (χ1n) is 9.01. The minimum Gasteiger partial charge on any atom is -0.319 e. The third kappa shape index (κ3) is 2.80. The van der Waals surface area contributed by atoms with E-state index in [0.29, 0.717) is 23.1 Å². The maximum Gasteiger partial charge on any atom is 0.293 e. The zero-order valence-electron chi connectivity index (χ0n) is 15.7. The van der Waals surface area contributed by atoms with Gasteiger partial charge in [0.25, 0.3) is 5.56 Å². The number of hydrogen-bond donors (Lipinski definition) is 2. The number of para-hydroxylation sites is 1. The van der Waals surface area contributed by atoms with Crippen LogP contribution in [0.3, 0.4) is 0 Å². The maximum atomic E-state index is 12.2. The van der Waals surface area contributed by atoms with Gasteiger partial charge in [0.1, 0.15) is 5.69 Å². The van der Waals surface area contributed by atoms with Crippen LogP contribution >= 0.6 is 0 Å². The molecule has 0 bridgehead atoms. The van der Waals surface area contributed by atoms with Crippen molar-refractivity contribution in [2.24, 2.45) is 0 Å². The molecule has 4 heterocycles. The van der Waals surface area contributed by atoms with Crippen molar-refractivity contribution in [2.45, 2.75) is 13.8 Å². The first-order chi connectivity index (χ1) is 14.1. The van der Waals surface area contributed by atoms with E-state index in [2.05, 4.69) is 30.6 Å².